The summed E-state index contributed by atoms with van der Waals surface area (Å²) < 4.78 is 26.4. The molecule has 0 atom stereocenters. The maximum Gasteiger partial charge on any atom is 0.226 e. The molecule has 0 spiro atoms. The van der Waals surface area contributed by atoms with Crippen LogP contribution in [0.25, 0.3) is 0 Å². The highest BCUT2D eigenvalue weighted by Gasteiger charge is 2.13. The minimum Gasteiger partial charge on any atom is -0.342 e. The Labute approximate surface area is 155 Å². The van der Waals surface area contributed by atoms with Gasteiger partial charge in [-0.25, -0.2) is 8.78 Å². The van der Waals surface area contributed by atoms with Gasteiger partial charge in [0.1, 0.15) is 11.6 Å². The first-order chi connectivity index (χ1) is 12.3. The van der Waals surface area contributed by atoms with Crippen molar-refractivity contribution >= 4 is 29.1 Å². The fourth-order valence-electron chi connectivity index (χ4n) is 2.42. The van der Waals surface area contributed by atoms with Gasteiger partial charge in [-0.3, -0.25) is 9.59 Å². The molecule has 0 aliphatic rings. The van der Waals surface area contributed by atoms with Crippen LogP contribution in [0.2, 0.25) is 5.02 Å². The summed E-state index contributed by atoms with van der Waals surface area (Å²) in [6.45, 7) is 2.06. The molecule has 4 nitrogen and oxygen atoms in total. The van der Waals surface area contributed by atoms with Gasteiger partial charge in [0.2, 0.25) is 11.8 Å². The molecule has 7 heteroatoms. The van der Waals surface area contributed by atoms with Gasteiger partial charge in [-0.05, 0) is 36.2 Å². The zero-order valence-electron chi connectivity index (χ0n) is 14.3. The number of carbonyl (C=O) groups excluding carboxylic acids is 2. The van der Waals surface area contributed by atoms with Crippen molar-refractivity contribution in [2.75, 3.05) is 18.4 Å². The van der Waals surface area contributed by atoms with E-state index in [2.05, 4.69) is 5.32 Å². The van der Waals surface area contributed by atoms with Crippen LogP contribution in [0.4, 0.5) is 14.5 Å². The Morgan fingerprint density at radius 2 is 1.88 bits per heavy atom. The van der Waals surface area contributed by atoms with E-state index in [0.29, 0.717) is 24.1 Å². The number of benzene rings is 2. The van der Waals surface area contributed by atoms with Crippen LogP contribution in [-0.4, -0.2) is 29.8 Å². The molecule has 0 unspecified atom stereocenters. The summed E-state index contributed by atoms with van der Waals surface area (Å²) in [5.41, 5.74) is 0.895. The molecule has 2 aromatic carbocycles. The minimum atomic E-state index is -0.845. The number of carbonyl (C=O) groups is 2. The Hall–Kier alpha value is -2.47. The molecule has 0 heterocycles. The third kappa shape index (κ3) is 6.11. The molecule has 26 heavy (non-hydrogen) atoms. The average Bonchev–Trinajstić information content (AvgIpc) is 2.57. The average molecular weight is 381 g/mol. The van der Waals surface area contributed by atoms with E-state index >= 15 is 0 Å². The summed E-state index contributed by atoms with van der Waals surface area (Å²) in [6.07, 6.45) is 0.611. The maximum absolute atomic E-state index is 13.5. The first-order valence-electron chi connectivity index (χ1n) is 8.10. The normalized spacial score (nSPS) is 10.5. The van der Waals surface area contributed by atoms with Gasteiger partial charge in [-0.2, -0.15) is 0 Å². The van der Waals surface area contributed by atoms with E-state index in [1.165, 1.54) is 6.92 Å². The predicted molar refractivity (Wildman–Crippen MR) is 97.0 cm³/mol. The van der Waals surface area contributed by atoms with E-state index in [4.69, 9.17) is 11.6 Å². The topological polar surface area (TPSA) is 49.4 Å². The highest BCUT2D eigenvalue weighted by atomic mass is 35.5. The number of hydrogen-bond donors (Lipinski definition) is 1. The fourth-order valence-corrected chi connectivity index (χ4v) is 2.64. The summed E-state index contributed by atoms with van der Waals surface area (Å²) in [5, 5.41) is 3.00. The zero-order chi connectivity index (χ0) is 19.1. The second-order valence-electron chi connectivity index (χ2n) is 5.81. The van der Waals surface area contributed by atoms with Crippen molar-refractivity contribution in [1.29, 1.82) is 0 Å². The Morgan fingerprint density at radius 1 is 1.12 bits per heavy atom. The first-order valence-corrected chi connectivity index (χ1v) is 8.48. The van der Waals surface area contributed by atoms with E-state index in [1.54, 1.807) is 11.0 Å². The Bertz CT molecular complexity index is 799. The van der Waals surface area contributed by atoms with Gasteiger partial charge in [0.15, 0.2) is 0 Å². The minimum absolute atomic E-state index is 0.00590. The third-order valence-corrected chi connectivity index (χ3v) is 4.05. The molecule has 0 saturated heterocycles. The lowest BCUT2D eigenvalue weighted by atomic mass is 10.1. The molecule has 2 rings (SSSR count). The molecule has 2 aromatic rings. The van der Waals surface area contributed by atoms with Gasteiger partial charge < -0.3 is 10.2 Å². The van der Waals surface area contributed by atoms with Crippen LogP contribution in [0.3, 0.4) is 0 Å². The molecule has 0 fully saturated rings. The second-order valence-corrected chi connectivity index (χ2v) is 6.24. The van der Waals surface area contributed by atoms with Crippen molar-refractivity contribution in [2.45, 2.75) is 19.8 Å². The Kier molecular flexibility index (Phi) is 7.09. The lowest BCUT2D eigenvalue weighted by Crippen LogP contribution is -2.33. The summed E-state index contributed by atoms with van der Waals surface area (Å²) >= 11 is 5.94. The van der Waals surface area contributed by atoms with Crippen LogP contribution < -0.4 is 5.32 Å². The number of nitrogens with one attached hydrogen (secondary N) is 1. The summed E-state index contributed by atoms with van der Waals surface area (Å²) in [5.74, 6) is -2.18. The summed E-state index contributed by atoms with van der Waals surface area (Å²) in [6, 6.07) is 10.3. The van der Waals surface area contributed by atoms with E-state index in [1.807, 2.05) is 18.2 Å². The van der Waals surface area contributed by atoms with Crippen LogP contribution in [0.15, 0.2) is 42.5 Å². The van der Waals surface area contributed by atoms with Gasteiger partial charge >= 0.3 is 0 Å². The largest absolute Gasteiger partial charge is 0.342 e. The molecule has 0 saturated carbocycles. The van der Waals surface area contributed by atoms with Crippen molar-refractivity contribution in [3.63, 3.8) is 0 Å². The third-order valence-electron chi connectivity index (χ3n) is 3.82. The Balaban J connectivity index is 1.87. The van der Waals surface area contributed by atoms with Crippen LogP contribution in [0, 0.1) is 11.6 Å². The van der Waals surface area contributed by atoms with E-state index in [0.717, 1.165) is 17.7 Å². The van der Waals surface area contributed by atoms with Crippen LogP contribution in [0.5, 0.6) is 0 Å². The van der Waals surface area contributed by atoms with Gasteiger partial charge in [0.05, 0.1) is 5.69 Å². The molecule has 0 bridgehead atoms. The van der Waals surface area contributed by atoms with Crippen molar-refractivity contribution in [2.24, 2.45) is 0 Å². The summed E-state index contributed by atoms with van der Waals surface area (Å²) in [4.78, 5) is 25.3. The van der Waals surface area contributed by atoms with Crippen LogP contribution >= 0.6 is 11.6 Å². The van der Waals surface area contributed by atoms with E-state index < -0.39 is 17.5 Å². The number of anilines is 1. The lowest BCUT2D eigenvalue weighted by molar-refractivity contribution is -0.129. The fraction of sp³-hybridized carbons (Fsp3) is 0.263. The van der Waals surface area contributed by atoms with Crippen LogP contribution in [-0.2, 0) is 16.0 Å². The standard InChI is InChI=1S/C19H19ClF2N2O2/c1-13(25)24(9-7-14-3-2-4-15(20)11-14)10-8-19(26)23-18-6-5-16(21)12-17(18)22/h2-6,11-12H,7-10H2,1H3,(H,23,26). The number of nitrogens with zero attached hydrogens (tertiary/aromatic N) is 1. The molecular weight excluding hydrogens is 362 g/mol. The molecule has 2 amide bonds. The highest BCUT2D eigenvalue weighted by molar-refractivity contribution is 6.30. The van der Waals surface area contributed by atoms with Crippen LogP contribution in [0.1, 0.15) is 18.9 Å². The first kappa shape index (κ1) is 19.8. The van der Waals surface area contributed by atoms with Crippen molar-refractivity contribution in [3.8, 4) is 0 Å². The predicted octanol–water partition coefficient (Wildman–Crippen LogP) is 4.04. The number of hydrogen-bond acceptors (Lipinski definition) is 2. The van der Waals surface area contributed by atoms with Gasteiger partial charge in [0, 0.05) is 37.5 Å². The SMILES string of the molecule is CC(=O)N(CCC(=O)Nc1ccc(F)cc1F)CCc1cccc(Cl)c1. The van der Waals surface area contributed by atoms with Gasteiger partial charge in [0.25, 0.3) is 0 Å². The molecule has 0 aromatic heterocycles. The van der Waals surface area contributed by atoms with Crippen molar-refractivity contribution in [3.05, 3.63) is 64.7 Å². The summed E-state index contributed by atoms with van der Waals surface area (Å²) in [7, 11) is 0. The number of amides is 2. The van der Waals surface area contributed by atoms with Gasteiger partial charge in [-0.15, -0.1) is 0 Å². The molecule has 1 N–H and O–H groups in total. The maximum atomic E-state index is 13.5. The zero-order valence-corrected chi connectivity index (χ0v) is 15.0. The highest BCUT2D eigenvalue weighted by Crippen LogP contribution is 2.15. The van der Waals surface area contributed by atoms with E-state index in [9.17, 15) is 18.4 Å². The molecule has 0 aliphatic carbocycles. The lowest BCUT2D eigenvalue weighted by Gasteiger charge is -2.21. The molecular formula is C19H19ClF2N2O2. The number of halogens is 3. The smallest absolute Gasteiger partial charge is 0.226 e. The van der Waals surface area contributed by atoms with E-state index in [-0.39, 0.29) is 24.6 Å². The molecule has 138 valence electrons. The Morgan fingerprint density at radius 3 is 2.54 bits per heavy atom. The molecule has 0 aliphatic heterocycles. The van der Waals surface area contributed by atoms with Crippen molar-refractivity contribution < 1.29 is 18.4 Å². The van der Waals surface area contributed by atoms with Crippen molar-refractivity contribution in [1.82, 2.24) is 4.90 Å². The second kappa shape index (κ2) is 9.29. The monoisotopic (exact) mass is 380 g/mol. The quantitative estimate of drug-likeness (QED) is 0.788. The molecule has 0 radical (unpaired) electrons. The number of rotatable bonds is 7. The van der Waals surface area contributed by atoms with Gasteiger partial charge in [-0.1, -0.05) is 23.7 Å².